The van der Waals surface area contributed by atoms with Crippen molar-refractivity contribution < 1.29 is 4.74 Å². The average Bonchev–Trinajstić information content (AvgIpc) is 2.83. The highest BCUT2D eigenvalue weighted by Crippen LogP contribution is 2.19. The van der Waals surface area contributed by atoms with Gasteiger partial charge in [0.05, 0.1) is 16.4 Å². The first kappa shape index (κ1) is 12.2. The summed E-state index contributed by atoms with van der Waals surface area (Å²) in [6, 6.07) is 12.0. The molecule has 0 N–H and O–H groups in total. The number of aryl methyl sites for hydroxylation is 1. The summed E-state index contributed by atoms with van der Waals surface area (Å²) in [4.78, 5) is 4.38. The number of ether oxygens (including phenoxy) is 1. The molecule has 0 saturated heterocycles. The van der Waals surface area contributed by atoms with E-state index in [1.807, 2.05) is 53.2 Å². The molecule has 96 valence electrons. The average molecular weight is 317 g/mol. The SMILES string of the molecule is Cc1ccc(OCc2cnc3c(Br)cccn23)cc1. The van der Waals surface area contributed by atoms with Gasteiger partial charge in [-0.1, -0.05) is 17.7 Å². The molecule has 3 rings (SSSR count). The van der Waals surface area contributed by atoms with Gasteiger partial charge in [-0.3, -0.25) is 4.40 Å². The van der Waals surface area contributed by atoms with E-state index in [0.29, 0.717) is 6.61 Å². The second kappa shape index (κ2) is 5.05. The summed E-state index contributed by atoms with van der Waals surface area (Å²) >= 11 is 3.49. The highest BCUT2D eigenvalue weighted by molar-refractivity contribution is 9.10. The van der Waals surface area contributed by atoms with E-state index in [1.165, 1.54) is 5.56 Å². The van der Waals surface area contributed by atoms with E-state index >= 15 is 0 Å². The quantitative estimate of drug-likeness (QED) is 0.730. The molecule has 3 nitrogen and oxygen atoms in total. The lowest BCUT2D eigenvalue weighted by molar-refractivity contribution is 0.300. The fraction of sp³-hybridized carbons (Fsp3) is 0.133. The zero-order valence-electron chi connectivity index (χ0n) is 10.5. The summed E-state index contributed by atoms with van der Waals surface area (Å²) < 4.78 is 8.79. The number of pyridine rings is 1. The second-order valence-corrected chi connectivity index (χ2v) is 5.26. The molecule has 0 amide bonds. The molecule has 0 spiro atoms. The number of hydrogen-bond donors (Lipinski definition) is 0. The zero-order chi connectivity index (χ0) is 13.2. The third-order valence-electron chi connectivity index (χ3n) is 2.97. The van der Waals surface area contributed by atoms with Gasteiger partial charge in [-0.25, -0.2) is 4.98 Å². The van der Waals surface area contributed by atoms with Gasteiger partial charge in [-0.15, -0.1) is 0 Å². The first-order valence-corrected chi connectivity index (χ1v) is 6.83. The fourth-order valence-corrected chi connectivity index (χ4v) is 2.37. The van der Waals surface area contributed by atoms with Crippen molar-refractivity contribution in [2.75, 3.05) is 0 Å². The molecule has 4 heteroatoms. The van der Waals surface area contributed by atoms with E-state index in [0.717, 1.165) is 21.6 Å². The van der Waals surface area contributed by atoms with Crippen LogP contribution in [-0.4, -0.2) is 9.38 Å². The maximum absolute atomic E-state index is 5.78. The van der Waals surface area contributed by atoms with Gasteiger partial charge >= 0.3 is 0 Å². The van der Waals surface area contributed by atoms with Gasteiger partial charge in [0.15, 0.2) is 5.65 Å². The van der Waals surface area contributed by atoms with Crippen LogP contribution in [0.15, 0.2) is 53.3 Å². The molecule has 0 atom stereocenters. The Morgan fingerprint density at radius 1 is 1.21 bits per heavy atom. The van der Waals surface area contributed by atoms with Crippen LogP contribution in [0.2, 0.25) is 0 Å². The number of rotatable bonds is 3. The molecule has 19 heavy (non-hydrogen) atoms. The molecular weight excluding hydrogens is 304 g/mol. The minimum absolute atomic E-state index is 0.501. The lowest BCUT2D eigenvalue weighted by Crippen LogP contribution is -1.99. The second-order valence-electron chi connectivity index (χ2n) is 4.40. The lowest BCUT2D eigenvalue weighted by Gasteiger charge is -2.06. The zero-order valence-corrected chi connectivity index (χ0v) is 12.1. The number of aromatic nitrogens is 2. The van der Waals surface area contributed by atoms with E-state index in [-0.39, 0.29) is 0 Å². The standard InChI is InChI=1S/C15H13BrN2O/c1-11-4-6-13(7-5-11)19-10-12-9-17-15-14(16)3-2-8-18(12)15/h2-9H,10H2,1H3. The monoisotopic (exact) mass is 316 g/mol. The summed E-state index contributed by atoms with van der Waals surface area (Å²) in [5.41, 5.74) is 3.16. The van der Waals surface area contributed by atoms with Crippen LogP contribution in [0.3, 0.4) is 0 Å². The van der Waals surface area contributed by atoms with Gasteiger partial charge in [0.1, 0.15) is 12.4 Å². The van der Waals surface area contributed by atoms with Crippen LogP contribution in [0.4, 0.5) is 0 Å². The van der Waals surface area contributed by atoms with Crippen LogP contribution >= 0.6 is 15.9 Å². The molecule has 0 fully saturated rings. The molecule has 0 aliphatic carbocycles. The summed E-state index contributed by atoms with van der Waals surface area (Å²) in [6.07, 6.45) is 3.83. The Morgan fingerprint density at radius 3 is 2.79 bits per heavy atom. The van der Waals surface area contributed by atoms with Crippen molar-refractivity contribution in [3.8, 4) is 5.75 Å². The van der Waals surface area contributed by atoms with E-state index < -0.39 is 0 Å². The van der Waals surface area contributed by atoms with Crippen molar-refractivity contribution in [1.82, 2.24) is 9.38 Å². The molecular formula is C15H13BrN2O. The van der Waals surface area contributed by atoms with Crippen molar-refractivity contribution in [2.24, 2.45) is 0 Å². The molecule has 3 aromatic rings. The van der Waals surface area contributed by atoms with Crippen LogP contribution in [-0.2, 0) is 6.61 Å². The lowest BCUT2D eigenvalue weighted by atomic mass is 10.2. The number of hydrogen-bond acceptors (Lipinski definition) is 2. The minimum atomic E-state index is 0.501. The van der Waals surface area contributed by atoms with Crippen molar-refractivity contribution in [3.05, 3.63) is 64.5 Å². The Labute approximate surface area is 120 Å². The molecule has 0 aliphatic heterocycles. The number of benzene rings is 1. The first-order chi connectivity index (χ1) is 9.24. The smallest absolute Gasteiger partial charge is 0.151 e. The van der Waals surface area contributed by atoms with Gasteiger partial charge in [0.25, 0.3) is 0 Å². The van der Waals surface area contributed by atoms with Crippen LogP contribution in [0.1, 0.15) is 11.3 Å². The van der Waals surface area contributed by atoms with Crippen LogP contribution in [0.5, 0.6) is 5.75 Å². The van der Waals surface area contributed by atoms with Crippen molar-refractivity contribution in [1.29, 1.82) is 0 Å². The van der Waals surface area contributed by atoms with E-state index in [2.05, 4.69) is 27.8 Å². The molecule has 1 aromatic carbocycles. The topological polar surface area (TPSA) is 26.5 Å². The molecule has 0 unspecified atom stereocenters. The normalized spacial score (nSPS) is 10.8. The van der Waals surface area contributed by atoms with E-state index in [4.69, 9.17) is 4.74 Å². The highest BCUT2D eigenvalue weighted by Gasteiger charge is 2.06. The molecule has 2 heterocycles. The van der Waals surface area contributed by atoms with Gasteiger partial charge in [0.2, 0.25) is 0 Å². The summed E-state index contributed by atoms with van der Waals surface area (Å²) in [5, 5.41) is 0. The Hall–Kier alpha value is -1.81. The maximum atomic E-state index is 5.78. The predicted molar refractivity (Wildman–Crippen MR) is 78.4 cm³/mol. The van der Waals surface area contributed by atoms with Crippen molar-refractivity contribution in [2.45, 2.75) is 13.5 Å². The number of nitrogens with zero attached hydrogens (tertiary/aromatic N) is 2. The molecule has 0 radical (unpaired) electrons. The highest BCUT2D eigenvalue weighted by atomic mass is 79.9. The maximum Gasteiger partial charge on any atom is 0.151 e. The third-order valence-corrected chi connectivity index (χ3v) is 3.59. The van der Waals surface area contributed by atoms with Crippen LogP contribution in [0.25, 0.3) is 5.65 Å². The number of imidazole rings is 1. The Balaban J connectivity index is 1.82. The molecule has 2 aromatic heterocycles. The summed E-state index contributed by atoms with van der Waals surface area (Å²) in [5.74, 6) is 0.871. The van der Waals surface area contributed by atoms with Crippen LogP contribution < -0.4 is 4.74 Å². The summed E-state index contributed by atoms with van der Waals surface area (Å²) in [6.45, 7) is 2.56. The van der Waals surface area contributed by atoms with Gasteiger partial charge < -0.3 is 4.74 Å². The van der Waals surface area contributed by atoms with Gasteiger partial charge in [-0.2, -0.15) is 0 Å². The first-order valence-electron chi connectivity index (χ1n) is 6.04. The Kier molecular flexibility index (Phi) is 3.25. The van der Waals surface area contributed by atoms with Gasteiger partial charge in [-0.05, 0) is 47.1 Å². The predicted octanol–water partition coefficient (Wildman–Crippen LogP) is 3.98. The Bertz CT molecular complexity index is 704. The summed E-state index contributed by atoms with van der Waals surface area (Å²) in [7, 11) is 0. The van der Waals surface area contributed by atoms with E-state index in [1.54, 1.807) is 0 Å². The van der Waals surface area contributed by atoms with Crippen molar-refractivity contribution >= 4 is 21.6 Å². The number of halogens is 1. The van der Waals surface area contributed by atoms with E-state index in [9.17, 15) is 0 Å². The fourth-order valence-electron chi connectivity index (χ4n) is 1.93. The third kappa shape index (κ3) is 2.49. The molecule has 0 aliphatic rings. The Morgan fingerprint density at radius 2 is 2.00 bits per heavy atom. The minimum Gasteiger partial charge on any atom is -0.487 e. The number of fused-ring (bicyclic) bond motifs is 1. The molecule has 0 bridgehead atoms. The van der Waals surface area contributed by atoms with Crippen LogP contribution in [0, 0.1) is 6.92 Å². The van der Waals surface area contributed by atoms with Gasteiger partial charge in [0, 0.05) is 6.20 Å². The largest absolute Gasteiger partial charge is 0.487 e. The molecule has 0 saturated carbocycles. The van der Waals surface area contributed by atoms with Crippen molar-refractivity contribution in [3.63, 3.8) is 0 Å².